The SMILES string of the molecule is CC(=O)c1cccc2c1OB(O)[C@@H](NC(=O)c1ccc3nc[nH]c3c1)C2. The Labute approximate surface area is 149 Å². The van der Waals surface area contributed by atoms with Crippen LogP contribution in [0.2, 0.25) is 0 Å². The number of imidazole rings is 1. The Morgan fingerprint density at radius 3 is 3.00 bits per heavy atom. The zero-order valence-corrected chi connectivity index (χ0v) is 14.0. The van der Waals surface area contributed by atoms with E-state index < -0.39 is 13.1 Å². The molecule has 3 N–H and O–H groups in total. The van der Waals surface area contributed by atoms with Crippen molar-refractivity contribution in [2.45, 2.75) is 19.3 Å². The van der Waals surface area contributed by atoms with Crippen LogP contribution in [0.25, 0.3) is 11.0 Å². The molecule has 0 radical (unpaired) electrons. The van der Waals surface area contributed by atoms with Crippen molar-refractivity contribution in [1.29, 1.82) is 0 Å². The lowest BCUT2D eigenvalue weighted by molar-refractivity contribution is 0.0939. The first-order chi connectivity index (χ1) is 12.5. The first-order valence-corrected chi connectivity index (χ1v) is 8.24. The molecule has 0 saturated carbocycles. The number of amides is 1. The normalized spacial score (nSPS) is 16.1. The van der Waals surface area contributed by atoms with Crippen LogP contribution in [0.5, 0.6) is 5.75 Å². The predicted molar refractivity (Wildman–Crippen MR) is 96.1 cm³/mol. The summed E-state index contributed by atoms with van der Waals surface area (Å²) in [6.45, 7) is 1.45. The lowest BCUT2D eigenvalue weighted by Crippen LogP contribution is -2.53. The number of aromatic amines is 1. The Bertz CT molecular complexity index is 1020. The van der Waals surface area contributed by atoms with Crippen LogP contribution in [0.3, 0.4) is 0 Å². The summed E-state index contributed by atoms with van der Waals surface area (Å²) in [5.41, 5.74) is 3.19. The largest absolute Gasteiger partial charge is 0.547 e. The number of aromatic nitrogens is 2. The van der Waals surface area contributed by atoms with Crippen molar-refractivity contribution < 1.29 is 19.3 Å². The summed E-state index contributed by atoms with van der Waals surface area (Å²) in [7, 11) is -1.23. The van der Waals surface area contributed by atoms with Crippen molar-refractivity contribution in [2.24, 2.45) is 0 Å². The van der Waals surface area contributed by atoms with Crippen LogP contribution in [-0.2, 0) is 6.42 Å². The first-order valence-electron chi connectivity index (χ1n) is 8.24. The molecular formula is C18H16BN3O4. The number of hydrogen-bond donors (Lipinski definition) is 3. The summed E-state index contributed by atoms with van der Waals surface area (Å²) >= 11 is 0. The molecule has 1 aliphatic heterocycles. The van der Waals surface area contributed by atoms with Gasteiger partial charge in [-0.25, -0.2) is 4.98 Å². The third kappa shape index (κ3) is 2.84. The molecule has 0 spiro atoms. The van der Waals surface area contributed by atoms with Crippen LogP contribution in [0, 0.1) is 0 Å². The van der Waals surface area contributed by atoms with E-state index in [0.29, 0.717) is 23.3 Å². The molecule has 0 aliphatic carbocycles. The van der Waals surface area contributed by atoms with Crippen molar-refractivity contribution in [3.63, 3.8) is 0 Å². The standard InChI is InChI=1S/C18H16BN3O4/c1-10(23)13-4-2-3-11-8-16(19(25)26-17(11)13)22-18(24)12-5-6-14-15(7-12)21-9-20-14/h2-7,9,16,25H,8H2,1H3,(H,20,21)(H,22,24)/t16-/m0/s1. The number of rotatable bonds is 3. The highest BCUT2D eigenvalue weighted by Crippen LogP contribution is 2.30. The van der Waals surface area contributed by atoms with E-state index in [0.717, 1.165) is 16.6 Å². The maximum Gasteiger partial charge on any atom is 0.547 e. The van der Waals surface area contributed by atoms with E-state index in [4.69, 9.17) is 4.65 Å². The summed E-state index contributed by atoms with van der Waals surface area (Å²) in [4.78, 5) is 31.3. The highest BCUT2D eigenvalue weighted by molar-refractivity contribution is 6.47. The van der Waals surface area contributed by atoms with Crippen molar-refractivity contribution >= 4 is 29.8 Å². The molecule has 130 valence electrons. The summed E-state index contributed by atoms with van der Waals surface area (Å²) in [5, 5.41) is 13.1. The number of nitrogens with one attached hydrogen (secondary N) is 2. The Hall–Kier alpha value is -3.13. The van der Waals surface area contributed by atoms with E-state index in [1.165, 1.54) is 6.92 Å². The van der Waals surface area contributed by atoms with Crippen molar-refractivity contribution in [1.82, 2.24) is 15.3 Å². The quantitative estimate of drug-likeness (QED) is 0.491. The average molecular weight is 349 g/mol. The Balaban J connectivity index is 1.56. The van der Waals surface area contributed by atoms with Gasteiger partial charge in [-0.15, -0.1) is 0 Å². The second-order valence-electron chi connectivity index (χ2n) is 6.28. The summed E-state index contributed by atoms with van der Waals surface area (Å²) in [6.07, 6.45) is 1.93. The van der Waals surface area contributed by atoms with E-state index in [-0.39, 0.29) is 11.7 Å². The van der Waals surface area contributed by atoms with Gasteiger partial charge in [-0.2, -0.15) is 0 Å². The van der Waals surface area contributed by atoms with Gasteiger partial charge in [-0.05, 0) is 43.2 Å². The molecule has 1 atom stereocenters. The molecule has 8 heteroatoms. The van der Waals surface area contributed by atoms with Gasteiger partial charge in [0.25, 0.3) is 5.91 Å². The lowest BCUT2D eigenvalue weighted by atomic mass is 9.72. The first kappa shape index (κ1) is 16.3. The van der Waals surface area contributed by atoms with Gasteiger partial charge in [0.05, 0.1) is 28.9 Å². The third-order valence-electron chi connectivity index (χ3n) is 4.50. The minimum absolute atomic E-state index is 0.135. The number of Topliss-reactive ketones (excluding diaryl/α,β-unsaturated/α-hetero) is 1. The van der Waals surface area contributed by atoms with E-state index in [1.807, 2.05) is 6.07 Å². The molecule has 0 fully saturated rings. The molecule has 26 heavy (non-hydrogen) atoms. The van der Waals surface area contributed by atoms with Gasteiger partial charge in [-0.1, -0.05) is 12.1 Å². The highest BCUT2D eigenvalue weighted by Gasteiger charge is 2.37. The van der Waals surface area contributed by atoms with Gasteiger partial charge < -0.3 is 20.0 Å². The molecule has 1 amide bonds. The van der Waals surface area contributed by atoms with E-state index in [2.05, 4.69) is 15.3 Å². The average Bonchev–Trinajstić information content (AvgIpc) is 3.09. The predicted octanol–water partition coefficient (Wildman–Crippen LogP) is 1.52. The molecular weight excluding hydrogens is 333 g/mol. The fourth-order valence-corrected chi connectivity index (χ4v) is 3.15. The monoisotopic (exact) mass is 349 g/mol. The number of para-hydroxylation sites is 1. The van der Waals surface area contributed by atoms with Crippen LogP contribution < -0.4 is 9.97 Å². The molecule has 0 unspecified atom stereocenters. The molecule has 1 aliphatic rings. The van der Waals surface area contributed by atoms with Crippen molar-refractivity contribution in [2.75, 3.05) is 0 Å². The summed E-state index contributed by atoms with van der Waals surface area (Å²) in [5.74, 6) is -0.684. The number of ketones is 1. The number of carbonyl (C=O) groups is 2. The van der Waals surface area contributed by atoms with Crippen LogP contribution in [0.15, 0.2) is 42.7 Å². The van der Waals surface area contributed by atoms with Crippen LogP contribution in [0.4, 0.5) is 0 Å². The number of hydrogen-bond acceptors (Lipinski definition) is 5. The van der Waals surface area contributed by atoms with Gasteiger partial charge >= 0.3 is 7.12 Å². The Morgan fingerprint density at radius 2 is 2.19 bits per heavy atom. The maximum absolute atomic E-state index is 12.5. The lowest BCUT2D eigenvalue weighted by Gasteiger charge is -2.29. The second kappa shape index (κ2) is 6.31. The van der Waals surface area contributed by atoms with Gasteiger partial charge in [-0.3, -0.25) is 9.59 Å². The van der Waals surface area contributed by atoms with Crippen LogP contribution >= 0.6 is 0 Å². The fourth-order valence-electron chi connectivity index (χ4n) is 3.15. The topological polar surface area (TPSA) is 104 Å². The van der Waals surface area contributed by atoms with Crippen LogP contribution in [0.1, 0.15) is 33.2 Å². The number of fused-ring (bicyclic) bond motifs is 2. The Kier molecular flexibility index (Phi) is 3.97. The molecule has 4 rings (SSSR count). The molecule has 3 aromatic rings. The fraction of sp³-hybridized carbons (Fsp3) is 0.167. The number of benzene rings is 2. The zero-order chi connectivity index (χ0) is 18.3. The van der Waals surface area contributed by atoms with Crippen LogP contribution in [-0.4, -0.2) is 39.7 Å². The second-order valence-corrected chi connectivity index (χ2v) is 6.28. The van der Waals surface area contributed by atoms with Gasteiger partial charge in [0.1, 0.15) is 5.75 Å². The summed E-state index contributed by atoms with van der Waals surface area (Å²) in [6, 6.07) is 10.4. The molecule has 1 aromatic heterocycles. The number of carbonyl (C=O) groups excluding carboxylic acids is 2. The van der Waals surface area contributed by atoms with Gasteiger partial charge in [0, 0.05) is 5.56 Å². The molecule has 0 saturated heterocycles. The molecule has 0 bridgehead atoms. The minimum Gasteiger partial charge on any atom is -0.534 e. The zero-order valence-electron chi connectivity index (χ0n) is 14.0. The van der Waals surface area contributed by atoms with Gasteiger partial charge in [0.2, 0.25) is 0 Å². The third-order valence-corrected chi connectivity index (χ3v) is 4.50. The minimum atomic E-state index is -1.23. The van der Waals surface area contributed by atoms with Crippen molar-refractivity contribution in [3.8, 4) is 5.75 Å². The smallest absolute Gasteiger partial charge is 0.534 e. The van der Waals surface area contributed by atoms with E-state index in [1.54, 1.807) is 36.7 Å². The van der Waals surface area contributed by atoms with E-state index >= 15 is 0 Å². The van der Waals surface area contributed by atoms with E-state index in [9.17, 15) is 14.6 Å². The Morgan fingerprint density at radius 1 is 1.35 bits per heavy atom. The number of nitrogens with zero attached hydrogens (tertiary/aromatic N) is 1. The maximum atomic E-state index is 12.5. The molecule has 2 heterocycles. The summed E-state index contributed by atoms with van der Waals surface area (Å²) < 4.78 is 5.54. The molecule has 7 nitrogen and oxygen atoms in total. The number of H-pyrrole nitrogens is 1. The van der Waals surface area contributed by atoms with Gasteiger partial charge in [0.15, 0.2) is 5.78 Å². The van der Waals surface area contributed by atoms with Crippen molar-refractivity contribution in [3.05, 3.63) is 59.4 Å². The highest BCUT2D eigenvalue weighted by atomic mass is 16.5. The molecule has 2 aromatic carbocycles.